The molecule has 0 aliphatic rings. The molecule has 0 radical (unpaired) electrons. The first kappa shape index (κ1) is 14.0. The predicted molar refractivity (Wildman–Crippen MR) is 66.7 cm³/mol. The maximum absolute atomic E-state index is 11.7. The minimum Gasteiger partial charge on any atom is -0.469 e. The van der Waals surface area contributed by atoms with E-state index in [0.29, 0.717) is 22.0 Å². The molecule has 0 N–H and O–H groups in total. The van der Waals surface area contributed by atoms with Crippen molar-refractivity contribution < 1.29 is 14.3 Å². The molecular weight excluding hydrogens is 263 g/mol. The minimum atomic E-state index is -0.313. The highest BCUT2D eigenvalue weighted by Gasteiger charge is 2.09. The van der Waals surface area contributed by atoms with Gasteiger partial charge in [0, 0.05) is 18.4 Å². The van der Waals surface area contributed by atoms with Gasteiger partial charge in [-0.3, -0.25) is 9.59 Å². The van der Waals surface area contributed by atoms with Gasteiger partial charge in [-0.05, 0) is 24.6 Å². The predicted octanol–water partition coefficient (Wildman–Crippen LogP) is 3.52. The summed E-state index contributed by atoms with van der Waals surface area (Å²) >= 11 is 11.6. The number of ketones is 1. The maximum Gasteiger partial charge on any atom is 0.305 e. The van der Waals surface area contributed by atoms with Gasteiger partial charge in [-0.15, -0.1) is 0 Å². The smallest absolute Gasteiger partial charge is 0.305 e. The van der Waals surface area contributed by atoms with E-state index in [-0.39, 0.29) is 24.6 Å². The van der Waals surface area contributed by atoms with Crippen LogP contribution in [0.4, 0.5) is 0 Å². The van der Waals surface area contributed by atoms with E-state index in [1.54, 1.807) is 12.1 Å². The highest BCUT2D eigenvalue weighted by molar-refractivity contribution is 6.42. The molecule has 0 spiro atoms. The molecule has 1 aromatic carbocycles. The number of ether oxygens (including phenoxy) is 1. The fraction of sp³-hybridized carbons (Fsp3) is 0.333. The van der Waals surface area contributed by atoms with Crippen LogP contribution in [0.5, 0.6) is 0 Å². The zero-order valence-corrected chi connectivity index (χ0v) is 10.8. The second-order valence-electron chi connectivity index (χ2n) is 3.48. The average molecular weight is 275 g/mol. The first-order valence-corrected chi connectivity index (χ1v) is 5.85. The van der Waals surface area contributed by atoms with Gasteiger partial charge in [-0.25, -0.2) is 0 Å². The zero-order chi connectivity index (χ0) is 12.8. The second kappa shape index (κ2) is 6.62. The Bertz CT molecular complexity index is 430. The molecule has 0 aliphatic carbocycles. The molecule has 92 valence electrons. The molecule has 1 aromatic rings. The standard InChI is InChI=1S/C12H12Cl2O3/c1-17-12(16)4-2-3-11(15)8-5-6-9(13)10(14)7-8/h5-7H,2-4H2,1H3. The lowest BCUT2D eigenvalue weighted by Gasteiger charge is -2.02. The van der Waals surface area contributed by atoms with Gasteiger partial charge in [0.15, 0.2) is 5.78 Å². The molecule has 3 nitrogen and oxygen atoms in total. The van der Waals surface area contributed by atoms with Crippen molar-refractivity contribution in [1.29, 1.82) is 0 Å². The van der Waals surface area contributed by atoms with E-state index in [9.17, 15) is 9.59 Å². The molecule has 0 saturated heterocycles. The molecule has 0 amide bonds. The van der Waals surface area contributed by atoms with Crippen molar-refractivity contribution in [3.63, 3.8) is 0 Å². The largest absolute Gasteiger partial charge is 0.469 e. The Morgan fingerprint density at radius 2 is 1.88 bits per heavy atom. The Morgan fingerprint density at radius 1 is 1.18 bits per heavy atom. The summed E-state index contributed by atoms with van der Waals surface area (Å²) in [6.45, 7) is 0. The summed E-state index contributed by atoms with van der Waals surface area (Å²) in [6, 6.07) is 4.73. The van der Waals surface area contributed by atoms with Crippen LogP contribution in [0.25, 0.3) is 0 Å². The van der Waals surface area contributed by atoms with Crippen LogP contribution in [0.15, 0.2) is 18.2 Å². The number of hydrogen-bond donors (Lipinski definition) is 0. The molecule has 0 heterocycles. The Kier molecular flexibility index (Phi) is 5.45. The normalized spacial score (nSPS) is 10.1. The number of methoxy groups -OCH3 is 1. The number of halogens is 2. The van der Waals surface area contributed by atoms with E-state index in [1.807, 2.05) is 0 Å². The molecule has 0 atom stereocenters. The van der Waals surface area contributed by atoms with Crippen molar-refractivity contribution in [3.05, 3.63) is 33.8 Å². The molecular formula is C12H12Cl2O3. The summed E-state index contributed by atoms with van der Waals surface area (Å²) in [5.74, 6) is -0.376. The molecule has 0 saturated carbocycles. The van der Waals surface area contributed by atoms with Crippen LogP contribution in [0.2, 0.25) is 10.0 Å². The third kappa shape index (κ3) is 4.36. The zero-order valence-electron chi connectivity index (χ0n) is 9.33. The minimum absolute atomic E-state index is 0.0625. The third-order valence-electron chi connectivity index (χ3n) is 2.25. The van der Waals surface area contributed by atoms with Crippen molar-refractivity contribution in [2.45, 2.75) is 19.3 Å². The molecule has 5 heteroatoms. The van der Waals surface area contributed by atoms with Crippen molar-refractivity contribution in [2.24, 2.45) is 0 Å². The lowest BCUT2D eigenvalue weighted by molar-refractivity contribution is -0.140. The SMILES string of the molecule is COC(=O)CCCC(=O)c1ccc(Cl)c(Cl)c1. The highest BCUT2D eigenvalue weighted by atomic mass is 35.5. The van der Waals surface area contributed by atoms with Crippen LogP contribution in [-0.4, -0.2) is 18.9 Å². The monoisotopic (exact) mass is 274 g/mol. The highest BCUT2D eigenvalue weighted by Crippen LogP contribution is 2.23. The number of Topliss-reactive ketones (excluding diaryl/α,β-unsaturated/α-hetero) is 1. The number of carbonyl (C=O) groups is 2. The molecule has 17 heavy (non-hydrogen) atoms. The Labute approximate surface area is 110 Å². The summed E-state index contributed by atoms with van der Waals surface area (Å²) in [5.41, 5.74) is 0.504. The summed E-state index contributed by atoms with van der Waals surface area (Å²) < 4.78 is 4.48. The fourth-order valence-corrected chi connectivity index (χ4v) is 1.61. The van der Waals surface area contributed by atoms with Crippen molar-refractivity contribution >= 4 is 35.0 Å². The molecule has 0 aromatic heterocycles. The van der Waals surface area contributed by atoms with Gasteiger partial charge < -0.3 is 4.74 Å². The summed E-state index contributed by atoms with van der Waals surface area (Å²) in [6.07, 6.45) is 0.988. The molecule has 0 aliphatic heterocycles. The van der Waals surface area contributed by atoms with Crippen LogP contribution < -0.4 is 0 Å². The third-order valence-corrected chi connectivity index (χ3v) is 2.99. The van der Waals surface area contributed by atoms with Crippen LogP contribution in [0.3, 0.4) is 0 Å². The Balaban J connectivity index is 2.52. The molecule has 0 fully saturated rings. The van der Waals surface area contributed by atoms with Crippen LogP contribution in [-0.2, 0) is 9.53 Å². The van der Waals surface area contributed by atoms with Gasteiger partial charge in [0.2, 0.25) is 0 Å². The number of rotatable bonds is 5. The van der Waals surface area contributed by atoms with E-state index >= 15 is 0 Å². The Morgan fingerprint density at radius 3 is 2.47 bits per heavy atom. The second-order valence-corrected chi connectivity index (χ2v) is 4.30. The first-order chi connectivity index (χ1) is 8.04. The number of hydrogen-bond acceptors (Lipinski definition) is 3. The number of benzene rings is 1. The van der Waals surface area contributed by atoms with Crippen molar-refractivity contribution in [1.82, 2.24) is 0 Å². The first-order valence-electron chi connectivity index (χ1n) is 5.09. The van der Waals surface area contributed by atoms with Gasteiger partial charge in [-0.1, -0.05) is 23.2 Å². The van der Waals surface area contributed by atoms with Crippen molar-refractivity contribution in [3.8, 4) is 0 Å². The fourth-order valence-electron chi connectivity index (χ4n) is 1.31. The van der Waals surface area contributed by atoms with Crippen LogP contribution in [0.1, 0.15) is 29.6 Å². The lowest BCUT2D eigenvalue weighted by atomic mass is 10.1. The van der Waals surface area contributed by atoms with E-state index in [0.717, 1.165) is 0 Å². The van der Waals surface area contributed by atoms with Gasteiger partial charge in [0.25, 0.3) is 0 Å². The van der Waals surface area contributed by atoms with Gasteiger partial charge in [-0.2, -0.15) is 0 Å². The van der Waals surface area contributed by atoms with Gasteiger partial charge in [0.1, 0.15) is 0 Å². The molecule has 0 unspecified atom stereocenters. The molecule has 1 rings (SSSR count). The van der Waals surface area contributed by atoms with E-state index < -0.39 is 0 Å². The van der Waals surface area contributed by atoms with E-state index in [2.05, 4.69) is 4.74 Å². The quantitative estimate of drug-likeness (QED) is 0.610. The number of esters is 1. The van der Waals surface area contributed by atoms with E-state index in [4.69, 9.17) is 23.2 Å². The van der Waals surface area contributed by atoms with Crippen LogP contribution >= 0.6 is 23.2 Å². The number of carbonyl (C=O) groups excluding carboxylic acids is 2. The van der Waals surface area contributed by atoms with Crippen molar-refractivity contribution in [2.75, 3.05) is 7.11 Å². The van der Waals surface area contributed by atoms with Crippen LogP contribution in [0, 0.1) is 0 Å². The van der Waals surface area contributed by atoms with Gasteiger partial charge in [0.05, 0.1) is 17.2 Å². The Hall–Kier alpha value is -1.06. The average Bonchev–Trinajstić information content (AvgIpc) is 2.32. The topological polar surface area (TPSA) is 43.4 Å². The lowest BCUT2D eigenvalue weighted by Crippen LogP contribution is -2.03. The summed E-state index contributed by atoms with van der Waals surface area (Å²) in [7, 11) is 1.32. The van der Waals surface area contributed by atoms with E-state index in [1.165, 1.54) is 13.2 Å². The summed E-state index contributed by atoms with van der Waals surface area (Å²) in [5, 5.41) is 0.767. The molecule has 0 bridgehead atoms. The summed E-state index contributed by atoms with van der Waals surface area (Å²) in [4.78, 5) is 22.6. The maximum atomic E-state index is 11.7. The van der Waals surface area contributed by atoms with Gasteiger partial charge >= 0.3 is 5.97 Å².